The molecule has 1 fully saturated rings. The van der Waals surface area contributed by atoms with Crippen molar-refractivity contribution in [1.82, 2.24) is 5.32 Å². The van der Waals surface area contributed by atoms with E-state index in [-0.39, 0.29) is 24.3 Å². The number of hydrogen-bond acceptors (Lipinski definition) is 4. The minimum Gasteiger partial charge on any atom is -0.435 e. The molecule has 0 aromatic heterocycles. The molecule has 132 valence electrons. The molecule has 1 aliphatic rings. The SMILES string of the molecule is O=C(CO/N=C\c1ccc(OC(F)F)cc1)NC1CCCCCC1. The fraction of sp³-hybridized carbons (Fsp3) is 0.529. The van der Waals surface area contributed by atoms with E-state index in [1.807, 2.05) is 0 Å². The van der Waals surface area contributed by atoms with Crippen LogP contribution in [0, 0.1) is 0 Å². The van der Waals surface area contributed by atoms with Crippen LogP contribution in [0.3, 0.4) is 0 Å². The number of nitrogens with zero attached hydrogens (tertiary/aromatic N) is 1. The van der Waals surface area contributed by atoms with Crippen LogP contribution in [0.25, 0.3) is 0 Å². The minimum absolute atomic E-state index is 0.0749. The molecule has 5 nitrogen and oxygen atoms in total. The monoisotopic (exact) mass is 340 g/mol. The molecular weight excluding hydrogens is 318 g/mol. The zero-order valence-electron chi connectivity index (χ0n) is 13.4. The summed E-state index contributed by atoms with van der Waals surface area (Å²) in [5.41, 5.74) is 0.654. The lowest BCUT2D eigenvalue weighted by Gasteiger charge is -2.15. The van der Waals surface area contributed by atoms with Gasteiger partial charge in [-0.25, -0.2) is 0 Å². The van der Waals surface area contributed by atoms with E-state index < -0.39 is 6.61 Å². The van der Waals surface area contributed by atoms with Crippen molar-refractivity contribution in [1.29, 1.82) is 0 Å². The highest BCUT2D eigenvalue weighted by Crippen LogP contribution is 2.17. The van der Waals surface area contributed by atoms with Crippen molar-refractivity contribution in [2.75, 3.05) is 6.61 Å². The molecule has 0 aliphatic heterocycles. The van der Waals surface area contributed by atoms with Crippen LogP contribution in [0.2, 0.25) is 0 Å². The summed E-state index contributed by atoms with van der Waals surface area (Å²) >= 11 is 0. The molecule has 7 heteroatoms. The van der Waals surface area contributed by atoms with E-state index in [0.29, 0.717) is 5.56 Å². The van der Waals surface area contributed by atoms with Crippen LogP contribution in [0.15, 0.2) is 29.4 Å². The van der Waals surface area contributed by atoms with Gasteiger partial charge in [-0.2, -0.15) is 8.78 Å². The number of rotatable bonds is 7. The van der Waals surface area contributed by atoms with Gasteiger partial charge in [0.05, 0.1) is 6.21 Å². The smallest absolute Gasteiger partial charge is 0.387 e. The normalized spacial score (nSPS) is 16.1. The van der Waals surface area contributed by atoms with Gasteiger partial charge < -0.3 is 14.9 Å². The Morgan fingerprint density at radius 1 is 1.21 bits per heavy atom. The number of halogens is 2. The van der Waals surface area contributed by atoms with E-state index in [1.165, 1.54) is 31.2 Å². The number of carbonyl (C=O) groups excluding carboxylic acids is 1. The van der Waals surface area contributed by atoms with E-state index in [9.17, 15) is 13.6 Å². The average molecular weight is 340 g/mol. The molecule has 0 radical (unpaired) electrons. The van der Waals surface area contributed by atoms with Crippen molar-refractivity contribution < 1.29 is 23.1 Å². The van der Waals surface area contributed by atoms with E-state index in [0.717, 1.165) is 25.7 Å². The Bertz CT molecular complexity index is 527. The first-order valence-corrected chi connectivity index (χ1v) is 8.13. The summed E-state index contributed by atoms with van der Waals surface area (Å²) in [4.78, 5) is 16.8. The summed E-state index contributed by atoms with van der Waals surface area (Å²) in [6, 6.07) is 6.18. The maximum atomic E-state index is 12.0. The molecule has 1 aliphatic carbocycles. The topological polar surface area (TPSA) is 59.9 Å². The Hall–Kier alpha value is -2.18. The van der Waals surface area contributed by atoms with Gasteiger partial charge in [-0.1, -0.05) is 30.8 Å². The van der Waals surface area contributed by atoms with Gasteiger partial charge >= 0.3 is 6.61 Å². The number of nitrogens with one attached hydrogen (secondary N) is 1. The number of ether oxygens (including phenoxy) is 1. The van der Waals surface area contributed by atoms with Gasteiger partial charge in [0.1, 0.15) is 5.75 Å². The van der Waals surface area contributed by atoms with Crippen LogP contribution < -0.4 is 10.1 Å². The summed E-state index contributed by atoms with van der Waals surface area (Å²) in [6.45, 7) is -2.99. The fourth-order valence-electron chi connectivity index (χ4n) is 2.62. The lowest BCUT2D eigenvalue weighted by molar-refractivity contribution is -0.126. The predicted octanol–water partition coefficient (Wildman–Crippen LogP) is 3.48. The maximum absolute atomic E-state index is 12.0. The predicted molar refractivity (Wildman–Crippen MR) is 86.3 cm³/mol. The maximum Gasteiger partial charge on any atom is 0.387 e. The zero-order valence-corrected chi connectivity index (χ0v) is 13.4. The molecule has 1 aromatic rings. The lowest BCUT2D eigenvalue weighted by Crippen LogP contribution is -2.36. The third-order valence-corrected chi connectivity index (χ3v) is 3.80. The van der Waals surface area contributed by atoms with Gasteiger partial charge in [0.25, 0.3) is 5.91 Å². The summed E-state index contributed by atoms with van der Waals surface area (Å²) in [7, 11) is 0. The van der Waals surface area contributed by atoms with Crippen molar-refractivity contribution in [2.45, 2.75) is 51.2 Å². The van der Waals surface area contributed by atoms with Crippen LogP contribution in [-0.4, -0.2) is 31.4 Å². The second-order valence-corrected chi connectivity index (χ2v) is 5.71. The Labute approximate surface area is 140 Å². The van der Waals surface area contributed by atoms with E-state index in [4.69, 9.17) is 4.84 Å². The van der Waals surface area contributed by atoms with E-state index in [1.54, 1.807) is 12.1 Å². The van der Waals surface area contributed by atoms with Crippen molar-refractivity contribution in [3.8, 4) is 5.75 Å². The fourth-order valence-corrected chi connectivity index (χ4v) is 2.62. The minimum atomic E-state index is -2.85. The molecule has 1 saturated carbocycles. The van der Waals surface area contributed by atoms with Crippen molar-refractivity contribution in [3.63, 3.8) is 0 Å². The number of benzene rings is 1. The zero-order chi connectivity index (χ0) is 17.2. The quantitative estimate of drug-likeness (QED) is 0.470. The second-order valence-electron chi connectivity index (χ2n) is 5.71. The second kappa shape index (κ2) is 9.85. The molecule has 0 saturated heterocycles. The van der Waals surface area contributed by atoms with Crippen LogP contribution in [0.1, 0.15) is 44.1 Å². The largest absolute Gasteiger partial charge is 0.435 e. The number of oxime groups is 1. The molecule has 1 amide bonds. The van der Waals surface area contributed by atoms with Gasteiger partial charge in [0.2, 0.25) is 0 Å². The van der Waals surface area contributed by atoms with Crippen LogP contribution in [-0.2, 0) is 9.63 Å². The average Bonchev–Trinajstić information content (AvgIpc) is 2.81. The molecule has 0 bridgehead atoms. The first-order chi connectivity index (χ1) is 11.6. The number of alkyl halides is 2. The highest BCUT2D eigenvalue weighted by atomic mass is 19.3. The van der Waals surface area contributed by atoms with Gasteiger partial charge in [0, 0.05) is 6.04 Å². The third-order valence-electron chi connectivity index (χ3n) is 3.80. The highest BCUT2D eigenvalue weighted by molar-refractivity contribution is 5.80. The Morgan fingerprint density at radius 3 is 2.50 bits per heavy atom. The summed E-state index contributed by atoms with van der Waals surface area (Å²) < 4.78 is 28.3. The van der Waals surface area contributed by atoms with Crippen molar-refractivity contribution in [3.05, 3.63) is 29.8 Å². The lowest BCUT2D eigenvalue weighted by atomic mass is 10.1. The summed E-state index contributed by atoms with van der Waals surface area (Å²) in [5, 5.41) is 6.67. The van der Waals surface area contributed by atoms with Gasteiger partial charge in [-0.05, 0) is 42.7 Å². The highest BCUT2D eigenvalue weighted by Gasteiger charge is 2.14. The first kappa shape index (κ1) is 18.2. The molecule has 1 N–H and O–H groups in total. The molecule has 2 rings (SSSR count). The van der Waals surface area contributed by atoms with E-state index in [2.05, 4.69) is 15.2 Å². The van der Waals surface area contributed by atoms with Gasteiger partial charge in [0.15, 0.2) is 6.61 Å². The molecule has 0 unspecified atom stereocenters. The van der Waals surface area contributed by atoms with Gasteiger partial charge in [-0.3, -0.25) is 4.79 Å². The van der Waals surface area contributed by atoms with Gasteiger partial charge in [-0.15, -0.1) is 0 Å². The number of hydrogen-bond donors (Lipinski definition) is 1. The molecule has 24 heavy (non-hydrogen) atoms. The Balaban J connectivity index is 1.68. The number of carbonyl (C=O) groups is 1. The molecule has 0 atom stereocenters. The van der Waals surface area contributed by atoms with Crippen LogP contribution in [0.5, 0.6) is 5.75 Å². The molecular formula is C17H22F2N2O3. The molecule has 1 aromatic carbocycles. The molecule has 0 heterocycles. The van der Waals surface area contributed by atoms with Crippen molar-refractivity contribution in [2.24, 2.45) is 5.16 Å². The Morgan fingerprint density at radius 2 is 1.88 bits per heavy atom. The van der Waals surface area contributed by atoms with E-state index >= 15 is 0 Å². The number of amides is 1. The standard InChI is InChI=1S/C17H22F2N2O3/c18-17(19)24-15-9-7-13(8-10-15)11-20-23-12-16(22)21-14-5-3-1-2-4-6-14/h7-11,14,17H,1-6,12H2,(H,21,22)/b20-11-. The summed E-state index contributed by atoms with van der Waals surface area (Å²) in [6.07, 6.45) is 8.20. The Kier molecular flexibility index (Phi) is 7.45. The van der Waals surface area contributed by atoms with Crippen molar-refractivity contribution >= 4 is 12.1 Å². The molecule has 0 spiro atoms. The summed E-state index contributed by atoms with van der Waals surface area (Å²) in [5.74, 6) is -0.106. The van der Waals surface area contributed by atoms with Crippen LogP contribution >= 0.6 is 0 Å². The van der Waals surface area contributed by atoms with Crippen LogP contribution in [0.4, 0.5) is 8.78 Å². The first-order valence-electron chi connectivity index (χ1n) is 8.13. The third kappa shape index (κ3) is 6.93.